The number of aromatic nitrogens is 2. The smallest absolute Gasteiger partial charge is 0.0625 e. The van der Waals surface area contributed by atoms with Crippen LogP contribution in [0.25, 0.3) is 0 Å². The summed E-state index contributed by atoms with van der Waals surface area (Å²) in [5, 5.41) is 7.72. The van der Waals surface area contributed by atoms with Crippen LogP contribution in [0.5, 0.6) is 0 Å². The van der Waals surface area contributed by atoms with Crippen molar-refractivity contribution in [1.82, 2.24) is 15.1 Å². The third-order valence-corrected chi connectivity index (χ3v) is 2.25. The van der Waals surface area contributed by atoms with Gasteiger partial charge in [-0.2, -0.15) is 5.10 Å². The van der Waals surface area contributed by atoms with Crippen LogP contribution in [0, 0.1) is 0 Å². The van der Waals surface area contributed by atoms with E-state index in [1.807, 2.05) is 11.7 Å². The van der Waals surface area contributed by atoms with Crippen LogP contribution >= 0.6 is 0 Å². The van der Waals surface area contributed by atoms with Gasteiger partial charge >= 0.3 is 0 Å². The number of hydrogen-bond donors (Lipinski definition) is 2. The Bertz CT molecular complexity index is 267. The van der Waals surface area contributed by atoms with Crippen molar-refractivity contribution in [2.45, 2.75) is 26.3 Å². The first kappa shape index (κ1) is 11.2. The highest BCUT2D eigenvalue weighted by Crippen LogP contribution is 2.02. The Morgan fingerprint density at radius 2 is 2.36 bits per heavy atom. The van der Waals surface area contributed by atoms with Gasteiger partial charge in [0.25, 0.3) is 0 Å². The van der Waals surface area contributed by atoms with Crippen molar-refractivity contribution in [2.75, 3.05) is 13.1 Å². The zero-order chi connectivity index (χ0) is 10.4. The highest BCUT2D eigenvalue weighted by Gasteiger charge is 2.02. The molecule has 0 amide bonds. The molecule has 1 aromatic heterocycles. The summed E-state index contributed by atoms with van der Waals surface area (Å²) in [5.74, 6) is 0. The first-order valence-electron chi connectivity index (χ1n) is 5.20. The molecule has 1 heterocycles. The molecular formula is C10H20N4. The third kappa shape index (κ3) is 3.12. The number of rotatable bonds is 6. The van der Waals surface area contributed by atoms with Crippen LogP contribution in [0.1, 0.15) is 24.7 Å². The van der Waals surface area contributed by atoms with Gasteiger partial charge in [-0.1, -0.05) is 6.92 Å². The number of hydrogen-bond acceptors (Lipinski definition) is 3. The molecule has 0 spiro atoms. The number of nitrogens with zero attached hydrogens (tertiary/aromatic N) is 2. The Balaban J connectivity index is 2.38. The molecule has 0 radical (unpaired) electrons. The SMILES string of the molecule is CCc1cc(CNCCCN)n(C)n1. The van der Waals surface area contributed by atoms with E-state index < -0.39 is 0 Å². The van der Waals surface area contributed by atoms with E-state index in [1.54, 1.807) is 0 Å². The quantitative estimate of drug-likeness (QED) is 0.648. The second-order valence-electron chi connectivity index (χ2n) is 3.42. The fourth-order valence-electron chi connectivity index (χ4n) is 1.35. The summed E-state index contributed by atoms with van der Waals surface area (Å²) in [4.78, 5) is 0. The van der Waals surface area contributed by atoms with Crippen molar-refractivity contribution in [3.63, 3.8) is 0 Å². The van der Waals surface area contributed by atoms with Gasteiger partial charge in [-0.05, 0) is 32.0 Å². The topological polar surface area (TPSA) is 55.9 Å². The number of nitrogens with one attached hydrogen (secondary N) is 1. The minimum atomic E-state index is 0.749. The number of aryl methyl sites for hydroxylation is 2. The van der Waals surface area contributed by atoms with Crippen molar-refractivity contribution in [2.24, 2.45) is 12.8 Å². The molecule has 80 valence electrons. The fourth-order valence-corrected chi connectivity index (χ4v) is 1.35. The standard InChI is InChI=1S/C10H20N4/c1-3-9-7-10(14(2)13-9)8-12-6-4-5-11/h7,12H,3-6,8,11H2,1-2H3. The van der Waals surface area contributed by atoms with Crippen LogP contribution in [0.15, 0.2) is 6.07 Å². The van der Waals surface area contributed by atoms with Crippen LogP contribution in [0.2, 0.25) is 0 Å². The lowest BCUT2D eigenvalue weighted by molar-refractivity contribution is 0.609. The van der Waals surface area contributed by atoms with Gasteiger partial charge in [-0.15, -0.1) is 0 Å². The maximum atomic E-state index is 5.41. The molecule has 0 aliphatic rings. The summed E-state index contributed by atoms with van der Waals surface area (Å²) in [6, 6.07) is 2.15. The van der Waals surface area contributed by atoms with E-state index in [0.717, 1.165) is 38.2 Å². The van der Waals surface area contributed by atoms with Gasteiger partial charge < -0.3 is 11.1 Å². The number of nitrogens with two attached hydrogens (primary N) is 1. The normalized spacial score (nSPS) is 10.8. The van der Waals surface area contributed by atoms with E-state index in [0.29, 0.717) is 0 Å². The molecule has 0 bridgehead atoms. The van der Waals surface area contributed by atoms with Crippen molar-refractivity contribution in [1.29, 1.82) is 0 Å². The molecular weight excluding hydrogens is 176 g/mol. The predicted octanol–water partition coefficient (Wildman–Crippen LogP) is 0.421. The molecule has 0 aromatic carbocycles. The molecule has 3 N–H and O–H groups in total. The minimum Gasteiger partial charge on any atom is -0.330 e. The van der Waals surface area contributed by atoms with Crippen molar-refractivity contribution in [3.8, 4) is 0 Å². The Hall–Kier alpha value is -0.870. The highest BCUT2D eigenvalue weighted by atomic mass is 15.3. The largest absolute Gasteiger partial charge is 0.330 e. The molecule has 0 saturated carbocycles. The zero-order valence-corrected chi connectivity index (χ0v) is 9.08. The fraction of sp³-hybridized carbons (Fsp3) is 0.700. The van der Waals surface area contributed by atoms with Crippen LogP contribution in [0.4, 0.5) is 0 Å². The van der Waals surface area contributed by atoms with E-state index in [1.165, 1.54) is 5.69 Å². The van der Waals surface area contributed by atoms with Crippen LogP contribution in [-0.2, 0) is 20.0 Å². The average molecular weight is 196 g/mol. The molecule has 1 aromatic rings. The highest BCUT2D eigenvalue weighted by molar-refractivity contribution is 5.09. The molecule has 0 unspecified atom stereocenters. The summed E-state index contributed by atoms with van der Waals surface area (Å²) < 4.78 is 1.94. The van der Waals surface area contributed by atoms with Gasteiger partial charge in [-0.3, -0.25) is 4.68 Å². The van der Waals surface area contributed by atoms with E-state index in [-0.39, 0.29) is 0 Å². The Labute approximate surface area is 85.5 Å². The summed E-state index contributed by atoms with van der Waals surface area (Å²) in [7, 11) is 1.99. The summed E-state index contributed by atoms with van der Waals surface area (Å²) >= 11 is 0. The Morgan fingerprint density at radius 1 is 1.57 bits per heavy atom. The van der Waals surface area contributed by atoms with Gasteiger partial charge in [0.1, 0.15) is 0 Å². The van der Waals surface area contributed by atoms with E-state index in [9.17, 15) is 0 Å². The van der Waals surface area contributed by atoms with Gasteiger partial charge in [0.2, 0.25) is 0 Å². The second-order valence-corrected chi connectivity index (χ2v) is 3.42. The van der Waals surface area contributed by atoms with E-state index in [4.69, 9.17) is 5.73 Å². The zero-order valence-electron chi connectivity index (χ0n) is 9.08. The van der Waals surface area contributed by atoms with Crippen molar-refractivity contribution < 1.29 is 0 Å². The summed E-state index contributed by atoms with van der Waals surface area (Å²) in [6.45, 7) is 4.72. The lowest BCUT2D eigenvalue weighted by Crippen LogP contribution is -2.19. The lowest BCUT2D eigenvalue weighted by atomic mass is 10.3. The van der Waals surface area contributed by atoms with Crippen molar-refractivity contribution in [3.05, 3.63) is 17.5 Å². The van der Waals surface area contributed by atoms with Crippen LogP contribution < -0.4 is 11.1 Å². The summed E-state index contributed by atoms with van der Waals surface area (Å²) in [5.41, 5.74) is 7.80. The predicted molar refractivity (Wildman–Crippen MR) is 58.0 cm³/mol. The molecule has 4 nitrogen and oxygen atoms in total. The molecule has 0 aliphatic carbocycles. The average Bonchev–Trinajstić information content (AvgIpc) is 2.54. The molecule has 1 rings (SSSR count). The summed E-state index contributed by atoms with van der Waals surface area (Å²) in [6.07, 6.45) is 2.02. The van der Waals surface area contributed by atoms with Crippen molar-refractivity contribution >= 4 is 0 Å². The van der Waals surface area contributed by atoms with Gasteiger partial charge in [0.05, 0.1) is 11.4 Å². The monoisotopic (exact) mass is 196 g/mol. The van der Waals surface area contributed by atoms with E-state index in [2.05, 4.69) is 23.4 Å². The Kier molecular flexibility index (Phi) is 4.62. The van der Waals surface area contributed by atoms with Crippen LogP contribution in [-0.4, -0.2) is 22.9 Å². The van der Waals surface area contributed by atoms with Crippen LogP contribution in [0.3, 0.4) is 0 Å². The molecule has 0 atom stereocenters. The Morgan fingerprint density at radius 3 is 2.93 bits per heavy atom. The third-order valence-electron chi connectivity index (χ3n) is 2.25. The second kappa shape index (κ2) is 5.78. The molecule has 0 fully saturated rings. The van der Waals surface area contributed by atoms with Gasteiger partial charge in [0, 0.05) is 13.6 Å². The van der Waals surface area contributed by atoms with Gasteiger partial charge in [-0.25, -0.2) is 0 Å². The molecule has 0 aliphatic heterocycles. The first-order valence-corrected chi connectivity index (χ1v) is 5.20. The maximum absolute atomic E-state index is 5.41. The van der Waals surface area contributed by atoms with E-state index >= 15 is 0 Å². The molecule has 4 heteroatoms. The maximum Gasteiger partial charge on any atom is 0.0625 e. The first-order chi connectivity index (χ1) is 6.77. The molecule has 0 saturated heterocycles. The minimum absolute atomic E-state index is 0.749. The lowest BCUT2D eigenvalue weighted by Gasteiger charge is -2.03. The molecule has 14 heavy (non-hydrogen) atoms. The van der Waals surface area contributed by atoms with Gasteiger partial charge in [0.15, 0.2) is 0 Å².